The molecule has 2 aromatic rings. The third-order valence-corrected chi connectivity index (χ3v) is 5.84. The Hall–Kier alpha value is -2.34. The van der Waals surface area contributed by atoms with Crippen LogP contribution in [0.4, 0.5) is 11.4 Å². The highest BCUT2D eigenvalue weighted by molar-refractivity contribution is 7.92. The standard InChI is InChI=1S/C19H22N2O3S/c1-14-7-6-10-17(15(14)2)21(25(3,23)24)13-19(22)20-12-11-16-8-4-5-9-18(16)20/h4-10H,11-13H2,1-3H3. The lowest BCUT2D eigenvalue weighted by Gasteiger charge is -2.27. The van der Waals surface area contributed by atoms with E-state index in [4.69, 9.17) is 0 Å². The molecule has 6 heteroatoms. The number of sulfonamides is 1. The second kappa shape index (κ2) is 6.52. The summed E-state index contributed by atoms with van der Waals surface area (Å²) in [5.74, 6) is -0.212. The molecule has 1 amide bonds. The van der Waals surface area contributed by atoms with Crippen molar-refractivity contribution in [2.24, 2.45) is 0 Å². The van der Waals surface area contributed by atoms with E-state index < -0.39 is 10.0 Å². The van der Waals surface area contributed by atoms with Crippen LogP contribution in [0.25, 0.3) is 0 Å². The molecule has 0 spiro atoms. The van der Waals surface area contributed by atoms with Crippen LogP contribution in [0.3, 0.4) is 0 Å². The van der Waals surface area contributed by atoms with Crippen LogP contribution in [0.2, 0.25) is 0 Å². The highest BCUT2D eigenvalue weighted by Gasteiger charge is 2.29. The Morgan fingerprint density at radius 3 is 2.56 bits per heavy atom. The average molecular weight is 358 g/mol. The first kappa shape index (κ1) is 17.5. The van der Waals surface area contributed by atoms with Crippen molar-refractivity contribution in [3.63, 3.8) is 0 Å². The maximum absolute atomic E-state index is 12.9. The molecule has 25 heavy (non-hydrogen) atoms. The van der Waals surface area contributed by atoms with Crippen molar-refractivity contribution in [3.05, 3.63) is 59.2 Å². The van der Waals surface area contributed by atoms with Gasteiger partial charge in [-0.3, -0.25) is 9.10 Å². The number of aryl methyl sites for hydroxylation is 1. The van der Waals surface area contributed by atoms with E-state index in [-0.39, 0.29) is 12.5 Å². The summed E-state index contributed by atoms with van der Waals surface area (Å²) in [7, 11) is -3.57. The number of para-hydroxylation sites is 1. The van der Waals surface area contributed by atoms with Crippen molar-refractivity contribution < 1.29 is 13.2 Å². The lowest BCUT2D eigenvalue weighted by molar-refractivity contribution is -0.117. The molecule has 132 valence electrons. The third-order valence-electron chi connectivity index (χ3n) is 4.71. The maximum atomic E-state index is 12.9. The number of fused-ring (bicyclic) bond motifs is 1. The molecule has 1 aliphatic rings. The van der Waals surface area contributed by atoms with E-state index in [9.17, 15) is 13.2 Å². The van der Waals surface area contributed by atoms with Gasteiger partial charge >= 0.3 is 0 Å². The summed E-state index contributed by atoms with van der Waals surface area (Å²) in [6.45, 7) is 4.19. The van der Waals surface area contributed by atoms with Crippen LogP contribution in [0.1, 0.15) is 16.7 Å². The fourth-order valence-electron chi connectivity index (χ4n) is 3.19. The van der Waals surface area contributed by atoms with Crippen molar-refractivity contribution in [1.82, 2.24) is 0 Å². The number of carbonyl (C=O) groups excluding carboxylic acids is 1. The number of benzene rings is 2. The topological polar surface area (TPSA) is 57.7 Å². The van der Waals surface area contributed by atoms with Gasteiger partial charge in [-0.25, -0.2) is 8.42 Å². The highest BCUT2D eigenvalue weighted by atomic mass is 32.2. The molecular formula is C19H22N2O3S. The predicted molar refractivity (Wildman–Crippen MR) is 101 cm³/mol. The lowest BCUT2D eigenvalue weighted by atomic mass is 10.1. The molecule has 1 aliphatic heterocycles. The molecule has 0 saturated heterocycles. The molecule has 3 rings (SSSR count). The van der Waals surface area contributed by atoms with E-state index >= 15 is 0 Å². The molecule has 0 atom stereocenters. The average Bonchev–Trinajstić information content (AvgIpc) is 2.98. The Morgan fingerprint density at radius 2 is 1.84 bits per heavy atom. The molecular weight excluding hydrogens is 336 g/mol. The van der Waals surface area contributed by atoms with Gasteiger partial charge in [0.25, 0.3) is 0 Å². The molecule has 0 N–H and O–H groups in total. The van der Waals surface area contributed by atoms with Gasteiger partial charge < -0.3 is 4.90 Å². The Kier molecular flexibility index (Phi) is 4.56. The number of nitrogens with zero attached hydrogens (tertiary/aromatic N) is 2. The minimum absolute atomic E-state index is 0.197. The van der Waals surface area contributed by atoms with Crippen molar-refractivity contribution in [2.45, 2.75) is 20.3 Å². The molecule has 0 aromatic heterocycles. The summed E-state index contributed by atoms with van der Waals surface area (Å²) in [5, 5.41) is 0. The fraction of sp³-hybridized carbons (Fsp3) is 0.316. The fourth-order valence-corrected chi connectivity index (χ4v) is 4.09. The van der Waals surface area contributed by atoms with Crippen molar-refractivity contribution in [2.75, 3.05) is 28.6 Å². The Morgan fingerprint density at radius 1 is 1.12 bits per heavy atom. The van der Waals surface area contributed by atoms with Crippen molar-refractivity contribution >= 4 is 27.3 Å². The van der Waals surface area contributed by atoms with Crippen LogP contribution >= 0.6 is 0 Å². The maximum Gasteiger partial charge on any atom is 0.247 e. The Bertz CT molecular complexity index is 922. The molecule has 0 bridgehead atoms. The SMILES string of the molecule is Cc1cccc(N(CC(=O)N2CCc3ccccc32)S(C)(=O)=O)c1C. The number of carbonyl (C=O) groups is 1. The van der Waals surface area contributed by atoms with E-state index in [0.717, 1.165) is 35.1 Å². The summed E-state index contributed by atoms with van der Waals surface area (Å²) < 4.78 is 25.9. The summed E-state index contributed by atoms with van der Waals surface area (Å²) >= 11 is 0. The Balaban J connectivity index is 1.92. The molecule has 0 aliphatic carbocycles. The molecule has 2 aromatic carbocycles. The zero-order chi connectivity index (χ0) is 18.2. The largest absolute Gasteiger partial charge is 0.310 e. The number of hydrogen-bond donors (Lipinski definition) is 0. The molecule has 0 unspecified atom stereocenters. The van der Waals surface area contributed by atoms with Crippen LogP contribution in [-0.4, -0.2) is 33.7 Å². The second-order valence-corrected chi connectivity index (χ2v) is 8.32. The van der Waals surface area contributed by atoms with Crippen LogP contribution in [-0.2, 0) is 21.2 Å². The van der Waals surface area contributed by atoms with Gasteiger partial charge in [0.15, 0.2) is 0 Å². The number of amides is 1. The summed E-state index contributed by atoms with van der Waals surface area (Å²) in [6.07, 6.45) is 1.93. The summed E-state index contributed by atoms with van der Waals surface area (Å²) in [6, 6.07) is 13.2. The van der Waals surface area contributed by atoms with E-state index in [2.05, 4.69) is 0 Å². The van der Waals surface area contributed by atoms with Gasteiger partial charge in [0, 0.05) is 12.2 Å². The van der Waals surface area contributed by atoms with Crippen LogP contribution in [0.15, 0.2) is 42.5 Å². The van der Waals surface area contributed by atoms with Crippen LogP contribution in [0, 0.1) is 13.8 Å². The van der Waals surface area contributed by atoms with Gasteiger partial charge in [-0.2, -0.15) is 0 Å². The number of anilines is 2. The normalized spacial score (nSPS) is 13.6. The van der Waals surface area contributed by atoms with Gasteiger partial charge in [0.05, 0.1) is 11.9 Å². The molecule has 5 nitrogen and oxygen atoms in total. The quantitative estimate of drug-likeness (QED) is 0.844. The molecule has 1 heterocycles. The lowest BCUT2D eigenvalue weighted by Crippen LogP contribution is -2.42. The first-order valence-corrected chi connectivity index (χ1v) is 10.1. The molecule has 0 saturated carbocycles. The van der Waals surface area contributed by atoms with Crippen molar-refractivity contribution in [3.8, 4) is 0 Å². The van der Waals surface area contributed by atoms with E-state index in [1.54, 1.807) is 11.0 Å². The Labute approximate surface area is 148 Å². The minimum Gasteiger partial charge on any atom is -0.310 e. The second-order valence-electron chi connectivity index (χ2n) is 6.41. The first-order valence-electron chi connectivity index (χ1n) is 8.21. The van der Waals surface area contributed by atoms with E-state index in [1.807, 2.05) is 50.2 Å². The van der Waals surface area contributed by atoms with E-state index in [0.29, 0.717) is 12.2 Å². The van der Waals surface area contributed by atoms with Crippen LogP contribution < -0.4 is 9.21 Å². The summed E-state index contributed by atoms with van der Waals surface area (Å²) in [5.41, 5.74) is 4.41. The minimum atomic E-state index is -3.57. The van der Waals surface area contributed by atoms with Gasteiger partial charge in [-0.1, -0.05) is 30.3 Å². The number of rotatable bonds is 4. The smallest absolute Gasteiger partial charge is 0.247 e. The van der Waals surface area contributed by atoms with Gasteiger partial charge in [-0.15, -0.1) is 0 Å². The first-order chi connectivity index (χ1) is 11.8. The van der Waals surface area contributed by atoms with Gasteiger partial charge in [0.2, 0.25) is 15.9 Å². The van der Waals surface area contributed by atoms with Gasteiger partial charge in [-0.05, 0) is 49.1 Å². The predicted octanol–water partition coefficient (Wildman–Crippen LogP) is 2.66. The van der Waals surface area contributed by atoms with E-state index in [1.165, 1.54) is 4.31 Å². The third kappa shape index (κ3) is 3.39. The highest BCUT2D eigenvalue weighted by Crippen LogP contribution is 2.29. The van der Waals surface area contributed by atoms with Crippen molar-refractivity contribution in [1.29, 1.82) is 0 Å². The molecule has 0 fully saturated rings. The number of hydrogen-bond acceptors (Lipinski definition) is 3. The molecule has 0 radical (unpaired) electrons. The summed E-state index contributed by atoms with van der Waals surface area (Å²) in [4.78, 5) is 14.5. The zero-order valence-corrected chi connectivity index (χ0v) is 15.5. The monoisotopic (exact) mass is 358 g/mol. The zero-order valence-electron chi connectivity index (χ0n) is 14.7. The van der Waals surface area contributed by atoms with Gasteiger partial charge in [0.1, 0.15) is 6.54 Å². The van der Waals surface area contributed by atoms with Crippen LogP contribution in [0.5, 0.6) is 0 Å².